The van der Waals surface area contributed by atoms with Gasteiger partial charge in [0.05, 0.1) is 6.61 Å². The Morgan fingerprint density at radius 3 is 2.62 bits per heavy atom. The molecular formula is C12H18N2O2. The molecule has 0 saturated carbocycles. The van der Waals surface area contributed by atoms with Crippen LogP contribution in [0, 0.1) is 6.92 Å². The first-order valence-corrected chi connectivity index (χ1v) is 5.41. The van der Waals surface area contributed by atoms with Crippen LogP contribution in [0.25, 0.3) is 0 Å². The van der Waals surface area contributed by atoms with Gasteiger partial charge in [-0.05, 0) is 31.9 Å². The molecule has 88 valence electrons. The average Bonchev–Trinajstić information content (AvgIpc) is 2.31. The Morgan fingerprint density at radius 2 is 2.00 bits per heavy atom. The number of carbonyl (C=O) groups excluding carboxylic acids is 1. The first-order chi connectivity index (χ1) is 7.72. The van der Waals surface area contributed by atoms with Gasteiger partial charge >= 0.3 is 0 Å². The highest BCUT2D eigenvalue weighted by Gasteiger charge is 1.98. The summed E-state index contributed by atoms with van der Waals surface area (Å²) in [6.45, 7) is 2.66. The molecule has 0 unspecified atom stereocenters. The summed E-state index contributed by atoms with van der Waals surface area (Å²) in [5.41, 5.74) is 3.31. The third kappa shape index (κ3) is 4.79. The molecule has 1 aromatic rings. The summed E-state index contributed by atoms with van der Waals surface area (Å²) in [4.78, 5) is 10.8. The maximum absolute atomic E-state index is 10.8. The topological polar surface area (TPSA) is 64.3 Å². The van der Waals surface area contributed by atoms with Crippen LogP contribution in [0.2, 0.25) is 0 Å². The third-order valence-corrected chi connectivity index (χ3v) is 2.25. The molecule has 0 heterocycles. The van der Waals surface area contributed by atoms with Gasteiger partial charge in [0.15, 0.2) is 0 Å². The van der Waals surface area contributed by atoms with Crippen molar-refractivity contribution in [1.82, 2.24) is 5.43 Å². The molecule has 1 amide bonds. The molecule has 0 atom stereocenters. The van der Waals surface area contributed by atoms with E-state index in [1.165, 1.54) is 5.56 Å². The van der Waals surface area contributed by atoms with Crippen LogP contribution in [0.1, 0.15) is 24.8 Å². The Bertz CT molecular complexity index is 322. The van der Waals surface area contributed by atoms with E-state index >= 15 is 0 Å². The van der Waals surface area contributed by atoms with E-state index in [0.29, 0.717) is 13.0 Å². The van der Waals surface area contributed by atoms with Gasteiger partial charge < -0.3 is 4.74 Å². The normalized spacial score (nSPS) is 9.88. The fourth-order valence-corrected chi connectivity index (χ4v) is 1.28. The van der Waals surface area contributed by atoms with Crippen molar-refractivity contribution in [3.8, 4) is 5.75 Å². The van der Waals surface area contributed by atoms with Gasteiger partial charge in [-0.1, -0.05) is 17.7 Å². The second-order valence-corrected chi connectivity index (χ2v) is 3.69. The van der Waals surface area contributed by atoms with Crippen LogP contribution in [0.3, 0.4) is 0 Å². The van der Waals surface area contributed by atoms with Gasteiger partial charge in [0.1, 0.15) is 5.75 Å². The zero-order valence-electron chi connectivity index (χ0n) is 9.53. The van der Waals surface area contributed by atoms with E-state index in [2.05, 4.69) is 5.43 Å². The fourth-order valence-electron chi connectivity index (χ4n) is 1.28. The largest absolute Gasteiger partial charge is 0.494 e. The molecule has 0 spiro atoms. The van der Waals surface area contributed by atoms with Gasteiger partial charge in [-0.3, -0.25) is 10.2 Å². The van der Waals surface area contributed by atoms with Gasteiger partial charge in [0.2, 0.25) is 5.91 Å². The van der Waals surface area contributed by atoms with E-state index < -0.39 is 0 Å². The predicted molar refractivity (Wildman–Crippen MR) is 62.9 cm³/mol. The molecule has 4 heteroatoms. The average molecular weight is 222 g/mol. The molecular weight excluding hydrogens is 204 g/mol. The van der Waals surface area contributed by atoms with Crippen LogP contribution >= 0.6 is 0 Å². The Morgan fingerprint density at radius 1 is 1.31 bits per heavy atom. The first-order valence-electron chi connectivity index (χ1n) is 5.41. The van der Waals surface area contributed by atoms with Crippen molar-refractivity contribution in [2.24, 2.45) is 5.84 Å². The molecule has 1 aromatic carbocycles. The van der Waals surface area contributed by atoms with Crippen LogP contribution in [-0.4, -0.2) is 12.5 Å². The van der Waals surface area contributed by atoms with E-state index in [4.69, 9.17) is 10.6 Å². The van der Waals surface area contributed by atoms with E-state index in [1.54, 1.807) is 0 Å². The van der Waals surface area contributed by atoms with Gasteiger partial charge in [-0.25, -0.2) is 5.84 Å². The number of ether oxygens (including phenoxy) is 1. The van der Waals surface area contributed by atoms with Crippen molar-refractivity contribution in [3.63, 3.8) is 0 Å². The lowest BCUT2D eigenvalue weighted by molar-refractivity contribution is -0.121. The molecule has 0 aliphatic carbocycles. The van der Waals surface area contributed by atoms with Crippen molar-refractivity contribution in [1.29, 1.82) is 0 Å². The number of hydrazine groups is 1. The Balaban J connectivity index is 2.11. The Labute approximate surface area is 95.8 Å². The number of benzene rings is 1. The number of hydrogen-bond acceptors (Lipinski definition) is 3. The minimum Gasteiger partial charge on any atom is -0.494 e. The summed E-state index contributed by atoms with van der Waals surface area (Å²) in [6, 6.07) is 7.91. The molecule has 0 fully saturated rings. The summed E-state index contributed by atoms with van der Waals surface area (Å²) in [7, 11) is 0. The van der Waals surface area contributed by atoms with E-state index in [1.807, 2.05) is 31.2 Å². The molecule has 0 aliphatic heterocycles. The van der Waals surface area contributed by atoms with Gasteiger partial charge in [-0.15, -0.1) is 0 Å². The molecule has 1 rings (SSSR count). The van der Waals surface area contributed by atoms with Crippen molar-refractivity contribution >= 4 is 5.91 Å². The van der Waals surface area contributed by atoms with Crippen LogP contribution in [0.15, 0.2) is 24.3 Å². The lowest BCUT2D eigenvalue weighted by atomic mass is 10.2. The Kier molecular flexibility index (Phi) is 5.36. The van der Waals surface area contributed by atoms with Crippen molar-refractivity contribution < 1.29 is 9.53 Å². The number of hydrogen-bond donors (Lipinski definition) is 2. The van der Waals surface area contributed by atoms with E-state index in [-0.39, 0.29) is 5.91 Å². The summed E-state index contributed by atoms with van der Waals surface area (Å²) in [5.74, 6) is 5.70. The maximum Gasteiger partial charge on any atom is 0.233 e. The summed E-state index contributed by atoms with van der Waals surface area (Å²) >= 11 is 0. The third-order valence-electron chi connectivity index (χ3n) is 2.25. The van der Waals surface area contributed by atoms with Crippen LogP contribution in [-0.2, 0) is 4.79 Å². The van der Waals surface area contributed by atoms with E-state index in [9.17, 15) is 4.79 Å². The summed E-state index contributed by atoms with van der Waals surface area (Å²) < 4.78 is 5.51. The molecule has 0 aliphatic rings. The van der Waals surface area contributed by atoms with Gasteiger partial charge in [-0.2, -0.15) is 0 Å². The number of nitrogens with one attached hydrogen (secondary N) is 1. The van der Waals surface area contributed by atoms with Crippen LogP contribution in [0.4, 0.5) is 0 Å². The minimum atomic E-state index is -0.129. The molecule has 0 aromatic heterocycles. The SMILES string of the molecule is Cc1ccc(OCCCCC(=O)NN)cc1. The highest BCUT2D eigenvalue weighted by atomic mass is 16.5. The van der Waals surface area contributed by atoms with Gasteiger partial charge in [0, 0.05) is 6.42 Å². The molecule has 3 N–H and O–H groups in total. The summed E-state index contributed by atoms with van der Waals surface area (Å²) in [5, 5.41) is 0. The monoisotopic (exact) mass is 222 g/mol. The quantitative estimate of drug-likeness (QED) is 0.332. The smallest absolute Gasteiger partial charge is 0.233 e. The van der Waals surface area contributed by atoms with Crippen LogP contribution < -0.4 is 16.0 Å². The molecule has 0 saturated heterocycles. The number of rotatable bonds is 6. The zero-order chi connectivity index (χ0) is 11.8. The minimum absolute atomic E-state index is 0.129. The zero-order valence-corrected chi connectivity index (χ0v) is 9.53. The molecule has 16 heavy (non-hydrogen) atoms. The Hall–Kier alpha value is -1.55. The second kappa shape index (κ2) is 6.85. The van der Waals surface area contributed by atoms with Gasteiger partial charge in [0.25, 0.3) is 0 Å². The highest BCUT2D eigenvalue weighted by molar-refractivity contribution is 5.75. The van der Waals surface area contributed by atoms with Crippen LogP contribution in [0.5, 0.6) is 5.75 Å². The molecule has 0 radical (unpaired) electrons. The predicted octanol–water partition coefficient (Wildman–Crippen LogP) is 1.53. The van der Waals surface area contributed by atoms with Crippen molar-refractivity contribution in [2.75, 3.05) is 6.61 Å². The molecule has 0 bridgehead atoms. The lowest BCUT2D eigenvalue weighted by Crippen LogP contribution is -2.29. The fraction of sp³-hybridized carbons (Fsp3) is 0.417. The first kappa shape index (κ1) is 12.5. The number of carbonyl (C=O) groups is 1. The highest BCUT2D eigenvalue weighted by Crippen LogP contribution is 2.11. The number of nitrogens with two attached hydrogens (primary N) is 1. The number of amides is 1. The number of unbranched alkanes of at least 4 members (excludes halogenated alkanes) is 1. The van der Waals surface area contributed by atoms with Crippen molar-refractivity contribution in [2.45, 2.75) is 26.2 Å². The maximum atomic E-state index is 10.8. The summed E-state index contributed by atoms with van der Waals surface area (Å²) in [6.07, 6.45) is 2.09. The molecule has 4 nitrogen and oxygen atoms in total. The van der Waals surface area contributed by atoms with Crippen molar-refractivity contribution in [3.05, 3.63) is 29.8 Å². The second-order valence-electron chi connectivity index (χ2n) is 3.69. The standard InChI is InChI=1S/C12H18N2O2/c1-10-5-7-11(8-6-10)16-9-3-2-4-12(15)14-13/h5-8H,2-4,9,13H2,1H3,(H,14,15). The lowest BCUT2D eigenvalue weighted by Gasteiger charge is -2.05. The number of aryl methyl sites for hydroxylation is 1. The van der Waals surface area contributed by atoms with E-state index in [0.717, 1.165) is 18.6 Å².